The fourth-order valence-corrected chi connectivity index (χ4v) is 2.66. The maximum absolute atomic E-state index is 12.3. The van der Waals surface area contributed by atoms with Crippen molar-refractivity contribution < 1.29 is 23.9 Å². The average molecular weight is 364 g/mol. The Kier molecular flexibility index (Phi) is 5.69. The van der Waals surface area contributed by atoms with Gasteiger partial charge in [0.15, 0.2) is 0 Å². The Morgan fingerprint density at radius 3 is 2.50 bits per heavy atom. The zero-order chi connectivity index (χ0) is 19.5. The van der Waals surface area contributed by atoms with Crippen LogP contribution >= 0.6 is 0 Å². The molecule has 26 heavy (non-hydrogen) atoms. The molecule has 9 nitrogen and oxygen atoms in total. The van der Waals surface area contributed by atoms with Crippen LogP contribution in [0.4, 0.5) is 10.6 Å². The fraction of sp³-hybridized carbons (Fsp3) is 0.529. The monoisotopic (exact) mass is 364 g/mol. The van der Waals surface area contributed by atoms with Gasteiger partial charge >= 0.3 is 12.1 Å². The molecule has 9 heteroatoms. The number of primary amides is 1. The molecule has 1 aliphatic heterocycles. The number of ether oxygens (including phenoxy) is 2. The van der Waals surface area contributed by atoms with Gasteiger partial charge in [-0.1, -0.05) is 0 Å². The highest BCUT2D eigenvalue weighted by atomic mass is 16.6. The number of methoxy groups -OCH3 is 1. The Labute approximate surface area is 151 Å². The molecule has 2 rings (SSSR count). The van der Waals surface area contributed by atoms with Crippen LogP contribution in [0.1, 0.15) is 37.6 Å². The summed E-state index contributed by atoms with van der Waals surface area (Å²) >= 11 is 0. The molecule has 1 aliphatic rings. The molecule has 1 aromatic heterocycles. The van der Waals surface area contributed by atoms with E-state index in [-0.39, 0.29) is 12.6 Å². The summed E-state index contributed by atoms with van der Waals surface area (Å²) in [5, 5.41) is 3.14. The van der Waals surface area contributed by atoms with Crippen LogP contribution in [0.25, 0.3) is 0 Å². The minimum Gasteiger partial charge on any atom is -0.465 e. The highest BCUT2D eigenvalue weighted by Gasteiger charge is 2.40. The van der Waals surface area contributed by atoms with Crippen LogP contribution in [0.5, 0.6) is 0 Å². The molecule has 0 radical (unpaired) electrons. The maximum Gasteiger partial charge on any atom is 0.411 e. The van der Waals surface area contributed by atoms with Crippen molar-refractivity contribution in [3.05, 3.63) is 23.9 Å². The number of rotatable bonds is 4. The van der Waals surface area contributed by atoms with Crippen LogP contribution in [0.2, 0.25) is 0 Å². The molecule has 1 aromatic rings. The van der Waals surface area contributed by atoms with Crippen molar-refractivity contribution in [2.75, 3.05) is 19.0 Å². The number of esters is 1. The van der Waals surface area contributed by atoms with Crippen LogP contribution < -0.4 is 11.1 Å². The number of anilines is 1. The van der Waals surface area contributed by atoms with Crippen molar-refractivity contribution in [1.82, 2.24) is 9.88 Å². The summed E-state index contributed by atoms with van der Waals surface area (Å²) in [5.41, 5.74) is 5.09. The zero-order valence-corrected chi connectivity index (χ0v) is 15.3. The summed E-state index contributed by atoms with van der Waals surface area (Å²) < 4.78 is 9.96. The van der Waals surface area contributed by atoms with Gasteiger partial charge in [0.05, 0.1) is 12.7 Å². The predicted octanol–water partition coefficient (Wildman–Crippen LogP) is 1.14. The summed E-state index contributed by atoms with van der Waals surface area (Å²) in [4.78, 5) is 40.9. The normalized spacial score (nSPS) is 19.8. The summed E-state index contributed by atoms with van der Waals surface area (Å²) in [7, 11) is 1.29. The van der Waals surface area contributed by atoms with E-state index in [1.54, 1.807) is 32.9 Å². The number of amides is 2. The number of hydrogen-bond acceptors (Lipinski definition) is 7. The lowest BCUT2D eigenvalue weighted by Crippen LogP contribution is -2.45. The molecule has 0 spiro atoms. The van der Waals surface area contributed by atoms with Gasteiger partial charge in [-0.2, -0.15) is 0 Å². The Balaban J connectivity index is 2.06. The quantitative estimate of drug-likeness (QED) is 0.768. The molecule has 0 unspecified atom stereocenters. The van der Waals surface area contributed by atoms with Crippen LogP contribution in [0, 0.1) is 0 Å². The van der Waals surface area contributed by atoms with Gasteiger partial charge in [-0.3, -0.25) is 9.69 Å². The SMILES string of the molecule is COC(=O)c1ccc(N[C@@H]2C[C@@H](C(N)=O)N(C(=O)OC(C)(C)C)C2)nc1. The van der Waals surface area contributed by atoms with Crippen molar-refractivity contribution in [2.24, 2.45) is 5.73 Å². The smallest absolute Gasteiger partial charge is 0.411 e. The van der Waals surface area contributed by atoms with Gasteiger partial charge in [0.2, 0.25) is 5.91 Å². The molecule has 2 amide bonds. The number of pyridine rings is 1. The zero-order valence-electron chi connectivity index (χ0n) is 15.3. The third-order valence-electron chi connectivity index (χ3n) is 3.79. The number of nitrogens with two attached hydrogens (primary N) is 1. The minimum absolute atomic E-state index is 0.225. The van der Waals surface area contributed by atoms with Gasteiger partial charge in [0.25, 0.3) is 0 Å². The molecular weight excluding hydrogens is 340 g/mol. The number of nitrogens with one attached hydrogen (secondary N) is 1. The largest absolute Gasteiger partial charge is 0.465 e. The van der Waals surface area contributed by atoms with E-state index in [9.17, 15) is 14.4 Å². The second kappa shape index (κ2) is 7.59. The van der Waals surface area contributed by atoms with E-state index in [4.69, 9.17) is 10.5 Å². The number of likely N-dealkylation sites (tertiary alicyclic amines) is 1. The van der Waals surface area contributed by atoms with Crippen molar-refractivity contribution in [3.63, 3.8) is 0 Å². The van der Waals surface area contributed by atoms with Crippen LogP contribution in [0.15, 0.2) is 18.3 Å². The minimum atomic E-state index is -0.753. The van der Waals surface area contributed by atoms with Crippen LogP contribution in [-0.4, -0.2) is 59.2 Å². The Bertz CT molecular complexity index is 683. The first-order valence-electron chi connectivity index (χ1n) is 8.20. The van der Waals surface area contributed by atoms with Gasteiger partial charge in [-0.15, -0.1) is 0 Å². The van der Waals surface area contributed by atoms with Gasteiger partial charge in [-0.05, 0) is 39.3 Å². The Morgan fingerprint density at radius 1 is 1.31 bits per heavy atom. The predicted molar refractivity (Wildman–Crippen MR) is 93.5 cm³/mol. The summed E-state index contributed by atoms with van der Waals surface area (Å²) in [6, 6.07) is 2.22. The first-order valence-corrected chi connectivity index (χ1v) is 8.20. The van der Waals surface area contributed by atoms with E-state index in [0.717, 1.165) is 0 Å². The molecule has 142 valence electrons. The summed E-state index contributed by atoms with van der Waals surface area (Å²) in [6.07, 6.45) is 1.15. The third-order valence-corrected chi connectivity index (χ3v) is 3.79. The molecule has 0 saturated carbocycles. The van der Waals surface area contributed by atoms with E-state index in [2.05, 4.69) is 15.0 Å². The van der Waals surface area contributed by atoms with Gasteiger partial charge in [0.1, 0.15) is 17.5 Å². The van der Waals surface area contributed by atoms with Gasteiger partial charge < -0.3 is 20.5 Å². The van der Waals surface area contributed by atoms with Crippen molar-refractivity contribution in [2.45, 2.75) is 44.9 Å². The average Bonchev–Trinajstić information content (AvgIpc) is 2.97. The molecule has 0 bridgehead atoms. The number of hydrogen-bond donors (Lipinski definition) is 2. The molecular formula is C17H24N4O5. The van der Waals surface area contributed by atoms with Crippen molar-refractivity contribution in [1.29, 1.82) is 0 Å². The summed E-state index contributed by atoms with van der Waals surface area (Å²) in [6.45, 7) is 5.51. The van der Waals surface area contributed by atoms with Crippen LogP contribution in [0.3, 0.4) is 0 Å². The molecule has 2 heterocycles. The number of carbonyl (C=O) groups is 3. The van der Waals surface area contributed by atoms with E-state index in [1.807, 2.05) is 0 Å². The Hall–Kier alpha value is -2.84. The van der Waals surface area contributed by atoms with E-state index in [0.29, 0.717) is 17.8 Å². The molecule has 2 atom stereocenters. The number of aromatic nitrogens is 1. The lowest BCUT2D eigenvalue weighted by molar-refractivity contribution is -0.122. The third kappa shape index (κ3) is 4.84. The highest BCUT2D eigenvalue weighted by molar-refractivity contribution is 5.89. The second-order valence-corrected chi connectivity index (χ2v) is 7.05. The molecule has 1 fully saturated rings. The van der Waals surface area contributed by atoms with Gasteiger partial charge in [-0.25, -0.2) is 14.6 Å². The number of carbonyl (C=O) groups excluding carboxylic acids is 3. The summed E-state index contributed by atoms with van der Waals surface area (Å²) in [5.74, 6) is -0.555. The van der Waals surface area contributed by atoms with Crippen LogP contribution in [-0.2, 0) is 14.3 Å². The lowest BCUT2D eigenvalue weighted by atomic mass is 10.1. The Morgan fingerprint density at radius 2 is 2.00 bits per heavy atom. The standard InChI is InChI=1S/C17H24N4O5/c1-17(2,3)26-16(24)21-9-11(7-12(21)14(18)22)20-13-6-5-10(8-19-13)15(23)25-4/h5-6,8,11-12H,7,9H2,1-4H3,(H2,18,22)(H,19,20)/t11-,12+/m1/s1. The van der Waals surface area contributed by atoms with Crippen molar-refractivity contribution >= 4 is 23.8 Å². The van der Waals surface area contributed by atoms with E-state index in [1.165, 1.54) is 18.2 Å². The molecule has 0 aliphatic carbocycles. The molecule has 1 saturated heterocycles. The molecule has 0 aromatic carbocycles. The first kappa shape index (κ1) is 19.5. The van der Waals surface area contributed by atoms with E-state index >= 15 is 0 Å². The van der Waals surface area contributed by atoms with Crippen molar-refractivity contribution in [3.8, 4) is 0 Å². The molecule has 3 N–H and O–H groups in total. The van der Waals surface area contributed by atoms with Gasteiger partial charge in [0, 0.05) is 18.8 Å². The highest BCUT2D eigenvalue weighted by Crippen LogP contribution is 2.23. The number of nitrogens with zero attached hydrogens (tertiary/aromatic N) is 2. The fourth-order valence-electron chi connectivity index (χ4n) is 2.66. The first-order chi connectivity index (χ1) is 12.1. The second-order valence-electron chi connectivity index (χ2n) is 7.05. The van der Waals surface area contributed by atoms with E-state index < -0.39 is 29.6 Å². The maximum atomic E-state index is 12.3. The topological polar surface area (TPSA) is 124 Å². The lowest BCUT2D eigenvalue weighted by Gasteiger charge is -2.27.